The molecule has 6 aliphatic carbocycles. The van der Waals surface area contributed by atoms with Crippen molar-refractivity contribution in [2.24, 2.45) is 58.7 Å². The van der Waals surface area contributed by atoms with Gasteiger partial charge in [-0.2, -0.15) is 0 Å². The van der Waals surface area contributed by atoms with E-state index in [2.05, 4.69) is 26.5 Å². The Hall–Kier alpha value is -0.520. The summed E-state index contributed by atoms with van der Waals surface area (Å²) >= 11 is 0. The zero-order valence-corrected chi connectivity index (χ0v) is 12.8. The van der Waals surface area contributed by atoms with Gasteiger partial charge in [0.2, 0.25) is 0 Å². The molecule has 0 aliphatic heterocycles. The van der Waals surface area contributed by atoms with Crippen molar-refractivity contribution in [2.45, 2.75) is 39.5 Å². The van der Waals surface area contributed by atoms with Gasteiger partial charge in [-0.25, -0.2) is 0 Å². The first-order valence-electron chi connectivity index (χ1n) is 9.00. The Morgan fingerprint density at radius 2 is 2.05 bits per heavy atom. The lowest BCUT2D eigenvalue weighted by atomic mass is 9.44. The van der Waals surface area contributed by atoms with Crippen molar-refractivity contribution in [3.8, 4) is 0 Å². The summed E-state index contributed by atoms with van der Waals surface area (Å²) in [5, 5.41) is 0. The van der Waals surface area contributed by atoms with Crippen LogP contribution < -0.4 is 0 Å². The molecule has 6 aliphatic rings. The van der Waals surface area contributed by atoms with E-state index in [4.69, 9.17) is 0 Å². The van der Waals surface area contributed by atoms with Crippen LogP contribution in [0.15, 0.2) is 23.8 Å². The van der Waals surface area contributed by atoms with E-state index in [0.29, 0.717) is 5.41 Å². The van der Waals surface area contributed by atoms with E-state index >= 15 is 0 Å². The molecule has 10 atom stereocenters. The fraction of sp³-hybridized carbons (Fsp3) is 0.800. The van der Waals surface area contributed by atoms with Crippen molar-refractivity contribution in [1.82, 2.24) is 0 Å². The van der Waals surface area contributed by atoms with Gasteiger partial charge in [-0.15, -0.1) is 0 Å². The first-order chi connectivity index (χ1) is 9.62. The molecule has 0 aromatic heterocycles. The molecule has 0 bridgehead atoms. The quantitative estimate of drug-likeness (QED) is 0.558. The average Bonchev–Trinajstić information content (AvgIpc) is 2.93. The molecule has 0 heterocycles. The Bertz CT molecular complexity index is 569. The van der Waals surface area contributed by atoms with Gasteiger partial charge in [-0.1, -0.05) is 37.6 Å². The molecule has 20 heavy (non-hydrogen) atoms. The number of hydrogen-bond donors (Lipinski definition) is 0. The normalized spacial score (nSPS) is 67.8. The molecule has 0 saturated heterocycles. The molecule has 0 N–H and O–H groups in total. The minimum Gasteiger partial charge on any atom is -0.0993 e. The summed E-state index contributed by atoms with van der Waals surface area (Å²) in [5.74, 6) is 9.35. The second kappa shape index (κ2) is 2.99. The number of hydrogen-bond acceptors (Lipinski definition) is 0. The van der Waals surface area contributed by atoms with Crippen LogP contribution in [-0.2, 0) is 0 Å². The molecule has 5 saturated carbocycles. The fourth-order valence-corrected chi connectivity index (χ4v) is 8.53. The Balaban J connectivity index is 1.41. The molecule has 106 valence electrons. The van der Waals surface area contributed by atoms with E-state index < -0.39 is 0 Å². The van der Waals surface area contributed by atoms with Crippen LogP contribution in [-0.4, -0.2) is 0 Å². The average molecular weight is 266 g/mol. The molecular weight excluding hydrogens is 240 g/mol. The first kappa shape index (κ1) is 11.1. The third kappa shape index (κ3) is 0.856. The van der Waals surface area contributed by atoms with Crippen molar-refractivity contribution in [3.05, 3.63) is 23.8 Å². The zero-order chi connectivity index (χ0) is 13.4. The van der Waals surface area contributed by atoms with Crippen LogP contribution in [0.25, 0.3) is 0 Å². The van der Waals surface area contributed by atoms with E-state index in [1.807, 2.05) is 5.57 Å². The van der Waals surface area contributed by atoms with Gasteiger partial charge in [0.05, 0.1) is 0 Å². The monoisotopic (exact) mass is 266 g/mol. The number of fused-ring (bicyclic) bond motifs is 10. The highest BCUT2D eigenvalue weighted by Gasteiger charge is 2.74. The maximum Gasteiger partial charge on any atom is -0.0134 e. The number of rotatable bonds is 0. The second-order valence-electron chi connectivity index (χ2n) is 9.28. The lowest BCUT2D eigenvalue weighted by Gasteiger charge is -2.60. The molecule has 0 amide bonds. The van der Waals surface area contributed by atoms with Crippen molar-refractivity contribution in [1.29, 1.82) is 0 Å². The van der Waals surface area contributed by atoms with Crippen LogP contribution in [0.2, 0.25) is 0 Å². The highest BCUT2D eigenvalue weighted by Crippen LogP contribution is 2.80. The summed E-state index contributed by atoms with van der Waals surface area (Å²) in [6.45, 7) is 9.54. The lowest BCUT2D eigenvalue weighted by Crippen LogP contribution is -2.55. The highest BCUT2D eigenvalue weighted by molar-refractivity contribution is 5.36. The van der Waals surface area contributed by atoms with Crippen LogP contribution in [0.3, 0.4) is 0 Å². The Kier molecular flexibility index (Phi) is 1.66. The Labute approximate surface area is 122 Å². The van der Waals surface area contributed by atoms with E-state index in [9.17, 15) is 0 Å². The zero-order valence-electron chi connectivity index (χ0n) is 12.8. The minimum absolute atomic E-state index is 0.641. The molecule has 6 rings (SSSR count). The van der Waals surface area contributed by atoms with Gasteiger partial charge in [-0.3, -0.25) is 0 Å². The topological polar surface area (TPSA) is 0 Å². The van der Waals surface area contributed by atoms with Crippen LogP contribution >= 0.6 is 0 Å². The molecule has 0 spiro atoms. The second-order valence-corrected chi connectivity index (χ2v) is 9.28. The van der Waals surface area contributed by atoms with Gasteiger partial charge in [0.1, 0.15) is 0 Å². The highest BCUT2D eigenvalue weighted by atomic mass is 14.8. The van der Waals surface area contributed by atoms with E-state index in [0.717, 1.165) is 53.3 Å². The van der Waals surface area contributed by atoms with Crippen LogP contribution in [0.1, 0.15) is 39.5 Å². The van der Waals surface area contributed by atoms with Gasteiger partial charge >= 0.3 is 0 Å². The summed E-state index contributed by atoms with van der Waals surface area (Å²) in [5.41, 5.74) is 4.12. The minimum atomic E-state index is 0.641. The number of allylic oxidation sites excluding steroid dienone is 3. The SMILES string of the molecule is C=C1C(C)C2(C)C1CC1CC3C4CC5=CCC5C4C3C12. The van der Waals surface area contributed by atoms with Crippen molar-refractivity contribution >= 4 is 0 Å². The molecule has 5 fully saturated rings. The van der Waals surface area contributed by atoms with Crippen molar-refractivity contribution < 1.29 is 0 Å². The van der Waals surface area contributed by atoms with Crippen LogP contribution in [0.5, 0.6) is 0 Å². The maximum absolute atomic E-state index is 4.41. The van der Waals surface area contributed by atoms with Gasteiger partial charge in [0.15, 0.2) is 0 Å². The van der Waals surface area contributed by atoms with E-state index in [1.165, 1.54) is 19.3 Å². The summed E-state index contributed by atoms with van der Waals surface area (Å²) in [4.78, 5) is 0. The van der Waals surface area contributed by atoms with Crippen molar-refractivity contribution in [2.75, 3.05) is 0 Å². The van der Waals surface area contributed by atoms with Gasteiger partial charge in [0.25, 0.3) is 0 Å². The summed E-state index contributed by atoms with van der Waals surface area (Å²) < 4.78 is 0. The van der Waals surface area contributed by atoms with Gasteiger partial charge < -0.3 is 0 Å². The molecule has 0 radical (unpaired) electrons. The Morgan fingerprint density at radius 3 is 2.80 bits per heavy atom. The maximum atomic E-state index is 4.41. The summed E-state index contributed by atoms with van der Waals surface area (Å²) in [6.07, 6.45) is 8.58. The lowest BCUT2D eigenvalue weighted by molar-refractivity contribution is -0.0872. The molecule has 10 unspecified atom stereocenters. The predicted octanol–water partition coefficient (Wildman–Crippen LogP) is 4.68. The summed E-state index contributed by atoms with van der Waals surface area (Å²) in [7, 11) is 0. The fourth-order valence-electron chi connectivity index (χ4n) is 8.53. The third-order valence-corrected chi connectivity index (χ3v) is 9.47. The Morgan fingerprint density at radius 1 is 1.20 bits per heavy atom. The molecule has 0 nitrogen and oxygen atoms in total. The smallest absolute Gasteiger partial charge is 0.0134 e. The summed E-state index contributed by atoms with van der Waals surface area (Å²) in [6, 6.07) is 0. The van der Waals surface area contributed by atoms with Gasteiger partial charge in [0, 0.05) is 0 Å². The van der Waals surface area contributed by atoms with E-state index in [1.54, 1.807) is 12.0 Å². The molecule has 0 heteroatoms. The standard InChI is InChI=1S/C20H26/c1-9-10(2)20(3)16(9)8-12-7-15-14-6-11-4-5-13(11)17(14)18(15)19(12)20/h4,10,12-19H,1,5-8H2,2-3H3. The largest absolute Gasteiger partial charge is 0.0993 e. The van der Waals surface area contributed by atoms with E-state index in [-0.39, 0.29) is 0 Å². The van der Waals surface area contributed by atoms with Gasteiger partial charge in [-0.05, 0) is 84.4 Å². The van der Waals surface area contributed by atoms with Crippen molar-refractivity contribution in [3.63, 3.8) is 0 Å². The molecular formula is C20H26. The molecule has 0 aromatic carbocycles. The third-order valence-electron chi connectivity index (χ3n) is 9.47. The first-order valence-corrected chi connectivity index (χ1v) is 9.00. The molecule has 0 aromatic rings. The van der Waals surface area contributed by atoms with Crippen LogP contribution in [0, 0.1) is 58.7 Å². The van der Waals surface area contributed by atoms with Crippen LogP contribution in [0.4, 0.5) is 0 Å². The predicted molar refractivity (Wildman–Crippen MR) is 80.9 cm³/mol.